The number of para-hydroxylation sites is 1. The van der Waals surface area contributed by atoms with Gasteiger partial charge in [-0.2, -0.15) is 0 Å². The van der Waals surface area contributed by atoms with Crippen LogP contribution in [0.4, 0.5) is 0 Å². The van der Waals surface area contributed by atoms with Gasteiger partial charge in [0.1, 0.15) is 5.75 Å². The summed E-state index contributed by atoms with van der Waals surface area (Å²) >= 11 is 3.35. The standard InChI is InChI=1S/C10H13BrN2O2/c11-8-3-1-2-7(4-5-12)10(8)15-6-9(13)14/h1-3H,4-6,12H2,(H2,13,14). The molecule has 1 aromatic carbocycles. The Morgan fingerprint density at radius 2 is 2.20 bits per heavy atom. The molecule has 0 bridgehead atoms. The van der Waals surface area contributed by atoms with Gasteiger partial charge in [-0.1, -0.05) is 12.1 Å². The summed E-state index contributed by atoms with van der Waals surface area (Å²) in [5.41, 5.74) is 11.4. The van der Waals surface area contributed by atoms with E-state index in [2.05, 4.69) is 15.9 Å². The Morgan fingerprint density at radius 1 is 1.47 bits per heavy atom. The van der Waals surface area contributed by atoms with Crippen molar-refractivity contribution in [3.05, 3.63) is 28.2 Å². The van der Waals surface area contributed by atoms with Gasteiger partial charge in [0, 0.05) is 0 Å². The van der Waals surface area contributed by atoms with Gasteiger partial charge in [-0.25, -0.2) is 0 Å². The van der Waals surface area contributed by atoms with Crippen molar-refractivity contribution in [1.29, 1.82) is 0 Å². The lowest BCUT2D eigenvalue weighted by molar-refractivity contribution is -0.119. The predicted molar refractivity (Wildman–Crippen MR) is 61.6 cm³/mol. The van der Waals surface area contributed by atoms with E-state index >= 15 is 0 Å². The molecule has 0 aliphatic carbocycles. The lowest BCUT2D eigenvalue weighted by Crippen LogP contribution is -2.20. The first-order valence-corrected chi connectivity index (χ1v) is 5.33. The first kappa shape index (κ1) is 12.0. The number of carbonyl (C=O) groups excluding carboxylic acids is 1. The second kappa shape index (κ2) is 5.72. The van der Waals surface area contributed by atoms with E-state index in [1.807, 2.05) is 18.2 Å². The van der Waals surface area contributed by atoms with Crippen molar-refractivity contribution >= 4 is 21.8 Å². The van der Waals surface area contributed by atoms with E-state index in [9.17, 15) is 4.79 Å². The first-order valence-electron chi connectivity index (χ1n) is 4.53. The molecule has 0 radical (unpaired) electrons. The molecule has 0 aromatic heterocycles. The van der Waals surface area contributed by atoms with Crippen LogP contribution >= 0.6 is 15.9 Å². The molecule has 0 unspecified atom stereocenters. The van der Waals surface area contributed by atoms with Crippen LogP contribution in [-0.4, -0.2) is 19.1 Å². The first-order chi connectivity index (χ1) is 7.15. The number of benzene rings is 1. The van der Waals surface area contributed by atoms with Crippen molar-refractivity contribution in [3.63, 3.8) is 0 Å². The molecule has 15 heavy (non-hydrogen) atoms. The lowest BCUT2D eigenvalue weighted by atomic mass is 10.1. The summed E-state index contributed by atoms with van der Waals surface area (Å²) in [5.74, 6) is 0.145. The molecule has 0 spiro atoms. The summed E-state index contributed by atoms with van der Waals surface area (Å²) in [5, 5.41) is 0. The second-order valence-corrected chi connectivity index (χ2v) is 3.88. The van der Waals surface area contributed by atoms with E-state index < -0.39 is 5.91 Å². The second-order valence-electron chi connectivity index (χ2n) is 3.02. The van der Waals surface area contributed by atoms with Crippen molar-refractivity contribution < 1.29 is 9.53 Å². The molecule has 5 heteroatoms. The van der Waals surface area contributed by atoms with Gasteiger partial charge >= 0.3 is 0 Å². The fraction of sp³-hybridized carbons (Fsp3) is 0.300. The molecule has 0 aliphatic heterocycles. The molecule has 0 saturated heterocycles. The van der Waals surface area contributed by atoms with E-state index in [0.29, 0.717) is 18.7 Å². The molecule has 4 nitrogen and oxygen atoms in total. The minimum Gasteiger partial charge on any atom is -0.482 e. The summed E-state index contributed by atoms with van der Waals surface area (Å²) in [7, 11) is 0. The summed E-state index contributed by atoms with van der Waals surface area (Å²) in [6, 6.07) is 5.65. The van der Waals surface area contributed by atoms with Gasteiger partial charge < -0.3 is 16.2 Å². The number of ether oxygens (including phenoxy) is 1. The summed E-state index contributed by atoms with van der Waals surface area (Å²) < 4.78 is 6.11. The van der Waals surface area contributed by atoms with Crippen LogP contribution in [0.1, 0.15) is 5.56 Å². The highest BCUT2D eigenvalue weighted by atomic mass is 79.9. The van der Waals surface area contributed by atoms with Crippen LogP contribution in [0.15, 0.2) is 22.7 Å². The largest absolute Gasteiger partial charge is 0.482 e. The van der Waals surface area contributed by atoms with Crippen molar-refractivity contribution in [1.82, 2.24) is 0 Å². The topological polar surface area (TPSA) is 78.3 Å². The average Bonchev–Trinajstić information content (AvgIpc) is 2.17. The van der Waals surface area contributed by atoms with Gasteiger partial charge in [0.2, 0.25) is 0 Å². The normalized spacial score (nSPS) is 10.0. The quantitative estimate of drug-likeness (QED) is 0.833. The Kier molecular flexibility index (Phi) is 4.58. The van der Waals surface area contributed by atoms with E-state index in [-0.39, 0.29) is 6.61 Å². The maximum absolute atomic E-state index is 10.6. The van der Waals surface area contributed by atoms with Crippen molar-refractivity contribution in [2.75, 3.05) is 13.2 Å². The molecular weight excluding hydrogens is 260 g/mol. The zero-order chi connectivity index (χ0) is 11.3. The third-order valence-corrected chi connectivity index (χ3v) is 2.45. The predicted octanol–water partition coefficient (Wildman–Crippen LogP) is 0.814. The highest BCUT2D eigenvalue weighted by molar-refractivity contribution is 9.10. The molecule has 4 N–H and O–H groups in total. The molecule has 1 amide bonds. The van der Waals surface area contributed by atoms with Gasteiger partial charge in [-0.15, -0.1) is 0 Å². The highest BCUT2D eigenvalue weighted by Crippen LogP contribution is 2.29. The molecule has 1 rings (SSSR count). The van der Waals surface area contributed by atoms with Crippen LogP contribution in [0.25, 0.3) is 0 Å². The van der Waals surface area contributed by atoms with Crippen LogP contribution in [0.3, 0.4) is 0 Å². The lowest BCUT2D eigenvalue weighted by Gasteiger charge is -2.11. The van der Waals surface area contributed by atoms with Gasteiger partial charge in [-0.3, -0.25) is 4.79 Å². The number of rotatable bonds is 5. The van der Waals surface area contributed by atoms with Crippen LogP contribution < -0.4 is 16.2 Å². The third-order valence-electron chi connectivity index (χ3n) is 1.82. The summed E-state index contributed by atoms with van der Waals surface area (Å²) in [6.07, 6.45) is 0.702. The number of halogens is 1. The molecule has 0 atom stereocenters. The van der Waals surface area contributed by atoms with Gasteiger partial charge in [0.25, 0.3) is 5.91 Å². The summed E-state index contributed by atoms with van der Waals surface area (Å²) in [6.45, 7) is 0.406. The molecule has 82 valence electrons. The SMILES string of the molecule is NCCc1cccc(Br)c1OCC(N)=O. The Balaban J connectivity index is 2.86. The number of hydrogen-bond acceptors (Lipinski definition) is 3. The zero-order valence-corrected chi connectivity index (χ0v) is 9.79. The molecule has 0 heterocycles. The summed E-state index contributed by atoms with van der Waals surface area (Å²) in [4.78, 5) is 10.6. The Hall–Kier alpha value is -1.07. The maximum atomic E-state index is 10.6. The van der Waals surface area contributed by atoms with Crippen LogP contribution in [-0.2, 0) is 11.2 Å². The Bertz CT molecular complexity index is 355. The number of hydrogen-bond donors (Lipinski definition) is 2. The fourth-order valence-electron chi connectivity index (χ4n) is 1.21. The monoisotopic (exact) mass is 272 g/mol. The van der Waals surface area contributed by atoms with E-state index in [1.165, 1.54) is 0 Å². The number of amides is 1. The molecule has 0 fully saturated rings. The number of carbonyl (C=O) groups is 1. The number of primary amides is 1. The van der Waals surface area contributed by atoms with E-state index in [0.717, 1.165) is 10.0 Å². The Morgan fingerprint density at radius 3 is 2.80 bits per heavy atom. The van der Waals surface area contributed by atoms with Crippen molar-refractivity contribution in [3.8, 4) is 5.75 Å². The van der Waals surface area contributed by atoms with Gasteiger partial charge in [0.15, 0.2) is 6.61 Å². The maximum Gasteiger partial charge on any atom is 0.255 e. The van der Waals surface area contributed by atoms with Gasteiger partial charge in [-0.05, 0) is 40.5 Å². The van der Waals surface area contributed by atoms with Crippen LogP contribution in [0, 0.1) is 0 Å². The molecular formula is C10H13BrN2O2. The molecule has 0 saturated carbocycles. The third kappa shape index (κ3) is 3.53. The van der Waals surface area contributed by atoms with E-state index in [4.69, 9.17) is 16.2 Å². The smallest absolute Gasteiger partial charge is 0.255 e. The molecule has 1 aromatic rings. The Labute approximate surface area is 96.7 Å². The van der Waals surface area contributed by atoms with Crippen molar-refractivity contribution in [2.45, 2.75) is 6.42 Å². The minimum absolute atomic E-state index is 0.125. The minimum atomic E-state index is -0.496. The van der Waals surface area contributed by atoms with Crippen LogP contribution in [0.2, 0.25) is 0 Å². The fourth-order valence-corrected chi connectivity index (χ4v) is 1.73. The average molecular weight is 273 g/mol. The van der Waals surface area contributed by atoms with Crippen LogP contribution in [0.5, 0.6) is 5.75 Å². The highest BCUT2D eigenvalue weighted by Gasteiger charge is 2.08. The number of nitrogens with two attached hydrogens (primary N) is 2. The van der Waals surface area contributed by atoms with Crippen molar-refractivity contribution in [2.24, 2.45) is 11.5 Å². The van der Waals surface area contributed by atoms with Gasteiger partial charge in [0.05, 0.1) is 4.47 Å². The van der Waals surface area contributed by atoms with E-state index in [1.54, 1.807) is 0 Å². The molecule has 0 aliphatic rings. The zero-order valence-electron chi connectivity index (χ0n) is 8.20.